The Hall–Kier alpha value is -2.69. The maximum atomic E-state index is 12.8. The van der Waals surface area contributed by atoms with Crippen molar-refractivity contribution in [1.82, 2.24) is 5.32 Å². The minimum Gasteiger partial charge on any atom is -0.496 e. The van der Waals surface area contributed by atoms with Crippen molar-refractivity contribution in [3.8, 4) is 17.2 Å². The number of benzene rings is 2. The van der Waals surface area contributed by atoms with Crippen LogP contribution in [0.5, 0.6) is 17.2 Å². The summed E-state index contributed by atoms with van der Waals surface area (Å²) in [4.78, 5) is 12.8. The van der Waals surface area contributed by atoms with Crippen LogP contribution in [0, 0.1) is 13.8 Å². The van der Waals surface area contributed by atoms with E-state index in [1.54, 1.807) is 19.2 Å². The van der Waals surface area contributed by atoms with Crippen LogP contribution >= 0.6 is 0 Å². The largest absolute Gasteiger partial charge is 0.496 e. The van der Waals surface area contributed by atoms with Gasteiger partial charge in [-0.1, -0.05) is 23.8 Å². The molecule has 134 valence electrons. The molecule has 5 heteroatoms. The minimum absolute atomic E-state index is 0.134. The number of ether oxygens (including phenoxy) is 3. The first kappa shape index (κ1) is 18.6. The highest BCUT2D eigenvalue weighted by Gasteiger charge is 2.20. The van der Waals surface area contributed by atoms with Crippen LogP contribution < -0.4 is 19.5 Å². The molecule has 0 heterocycles. The van der Waals surface area contributed by atoms with Gasteiger partial charge in [-0.25, -0.2) is 0 Å². The van der Waals surface area contributed by atoms with E-state index in [0.717, 1.165) is 16.7 Å². The van der Waals surface area contributed by atoms with Crippen LogP contribution in [0.4, 0.5) is 0 Å². The average Bonchev–Trinajstić information content (AvgIpc) is 2.62. The molecule has 0 spiro atoms. The molecule has 1 atom stereocenters. The standard InChI is InChI=1S/C20H25NO4/c1-12-7-8-13(2)15(9-12)14(3)21-20(22)16-10-18(24-5)19(25-6)11-17(16)23-4/h7-11,14H,1-6H3,(H,21,22). The van der Waals surface area contributed by atoms with Crippen molar-refractivity contribution in [2.45, 2.75) is 26.8 Å². The van der Waals surface area contributed by atoms with E-state index in [9.17, 15) is 4.79 Å². The van der Waals surface area contributed by atoms with Crippen LogP contribution in [0.15, 0.2) is 30.3 Å². The third-order valence-electron chi connectivity index (χ3n) is 4.20. The second-order valence-corrected chi connectivity index (χ2v) is 5.96. The molecule has 0 aliphatic carbocycles. The monoisotopic (exact) mass is 343 g/mol. The van der Waals surface area contributed by atoms with E-state index < -0.39 is 0 Å². The fourth-order valence-corrected chi connectivity index (χ4v) is 2.79. The van der Waals surface area contributed by atoms with Gasteiger partial charge in [-0.3, -0.25) is 4.79 Å². The molecule has 2 aromatic rings. The predicted octanol–water partition coefficient (Wildman–Crippen LogP) is 3.82. The zero-order chi connectivity index (χ0) is 18.6. The summed E-state index contributed by atoms with van der Waals surface area (Å²) in [5.74, 6) is 1.20. The average molecular weight is 343 g/mol. The highest BCUT2D eigenvalue weighted by Crippen LogP contribution is 2.34. The predicted molar refractivity (Wildman–Crippen MR) is 97.9 cm³/mol. The maximum Gasteiger partial charge on any atom is 0.255 e. The Balaban J connectivity index is 2.32. The fraction of sp³-hybridized carbons (Fsp3) is 0.350. The topological polar surface area (TPSA) is 56.8 Å². The summed E-state index contributed by atoms with van der Waals surface area (Å²) in [5.41, 5.74) is 3.79. The van der Waals surface area contributed by atoms with Gasteiger partial charge in [-0.05, 0) is 31.9 Å². The molecule has 0 fully saturated rings. The molecular formula is C20H25NO4. The number of amides is 1. The molecule has 25 heavy (non-hydrogen) atoms. The van der Waals surface area contributed by atoms with E-state index in [2.05, 4.69) is 23.5 Å². The molecule has 0 radical (unpaired) electrons. The first-order chi connectivity index (χ1) is 11.9. The zero-order valence-corrected chi connectivity index (χ0v) is 15.6. The van der Waals surface area contributed by atoms with Crippen molar-refractivity contribution < 1.29 is 19.0 Å². The van der Waals surface area contributed by atoms with Gasteiger partial charge in [-0.2, -0.15) is 0 Å². The minimum atomic E-state index is -0.230. The Bertz CT molecular complexity index is 771. The summed E-state index contributed by atoms with van der Waals surface area (Å²) >= 11 is 0. The molecule has 0 aliphatic rings. The lowest BCUT2D eigenvalue weighted by Crippen LogP contribution is -2.27. The first-order valence-electron chi connectivity index (χ1n) is 8.09. The van der Waals surface area contributed by atoms with Crippen LogP contribution in [0.1, 0.15) is 40.0 Å². The highest BCUT2D eigenvalue weighted by atomic mass is 16.5. The summed E-state index contributed by atoms with van der Waals surface area (Å²) in [5, 5.41) is 3.03. The number of methoxy groups -OCH3 is 3. The number of carbonyl (C=O) groups is 1. The highest BCUT2D eigenvalue weighted by molar-refractivity contribution is 5.98. The lowest BCUT2D eigenvalue weighted by Gasteiger charge is -2.19. The smallest absolute Gasteiger partial charge is 0.255 e. The molecule has 0 bridgehead atoms. The third kappa shape index (κ3) is 4.05. The molecule has 0 saturated carbocycles. The Kier molecular flexibility index (Phi) is 5.91. The van der Waals surface area contributed by atoms with E-state index >= 15 is 0 Å². The summed E-state index contributed by atoms with van der Waals surface area (Å²) in [6, 6.07) is 9.35. The van der Waals surface area contributed by atoms with E-state index in [1.165, 1.54) is 14.2 Å². The van der Waals surface area contributed by atoms with Gasteiger partial charge in [0, 0.05) is 12.1 Å². The second kappa shape index (κ2) is 7.92. The maximum absolute atomic E-state index is 12.8. The summed E-state index contributed by atoms with van der Waals surface area (Å²) in [6.07, 6.45) is 0. The quantitative estimate of drug-likeness (QED) is 0.866. The molecule has 1 amide bonds. The molecule has 0 aromatic heterocycles. The van der Waals surface area contributed by atoms with Crippen LogP contribution in [-0.4, -0.2) is 27.2 Å². The number of rotatable bonds is 6. The van der Waals surface area contributed by atoms with Gasteiger partial charge in [-0.15, -0.1) is 0 Å². The SMILES string of the molecule is COc1cc(OC)c(C(=O)NC(C)c2cc(C)ccc2C)cc1OC. The van der Waals surface area contributed by atoms with E-state index in [4.69, 9.17) is 14.2 Å². The number of hydrogen-bond acceptors (Lipinski definition) is 4. The van der Waals surface area contributed by atoms with Crippen LogP contribution in [0.2, 0.25) is 0 Å². The van der Waals surface area contributed by atoms with E-state index in [0.29, 0.717) is 22.8 Å². The third-order valence-corrected chi connectivity index (χ3v) is 4.20. The molecule has 2 aromatic carbocycles. The zero-order valence-electron chi connectivity index (χ0n) is 15.6. The Morgan fingerprint density at radius 1 is 0.920 bits per heavy atom. The number of carbonyl (C=O) groups excluding carboxylic acids is 1. The molecule has 0 saturated heterocycles. The van der Waals surface area contributed by atoms with Gasteiger partial charge in [0.1, 0.15) is 5.75 Å². The molecule has 1 N–H and O–H groups in total. The fourth-order valence-electron chi connectivity index (χ4n) is 2.79. The Labute approximate surface area is 148 Å². The number of nitrogens with one attached hydrogen (secondary N) is 1. The second-order valence-electron chi connectivity index (χ2n) is 5.96. The van der Waals surface area contributed by atoms with Crippen molar-refractivity contribution in [2.24, 2.45) is 0 Å². The lowest BCUT2D eigenvalue weighted by atomic mass is 9.99. The molecular weight excluding hydrogens is 318 g/mol. The van der Waals surface area contributed by atoms with Gasteiger partial charge in [0.15, 0.2) is 11.5 Å². The van der Waals surface area contributed by atoms with Crippen molar-refractivity contribution in [2.75, 3.05) is 21.3 Å². The van der Waals surface area contributed by atoms with Gasteiger partial charge >= 0.3 is 0 Å². The summed E-state index contributed by atoms with van der Waals surface area (Å²) < 4.78 is 15.9. The Morgan fingerprint density at radius 3 is 2.12 bits per heavy atom. The summed E-state index contributed by atoms with van der Waals surface area (Å²) in [7, 11) is 4.59. The molecule has 5 nitrogen and oxygen atoms in total. The van der Waals surface area contributed by atoms with Crippen molar-refractivity contribution in [3.05, 3.63) is 52.6 Å². The van der Waals surface area contributed by atoms with Gasteiger partial charge in [0.05, 0.1) is 32.9 Å². The number of aryl methyl sites for hydroxylation is 2. The van der Waals surface area contributed by atoms with E-state index in [1.807, 2.05) is 20.8 Å². The van der Waals surface area contributed by atoms with E-state index in [-0.39, 0.29) is 11.9 Å². The molecule has 1 unspecified atom stereocenters. The molecule has 0 aliphatic heterocycles. The normalized spacial score (nSPS) is 11.6. The lowest BCUT2D eigenvalue weighted by molar-refractivity contribution is 0.0936. The summed E-state index contributed by atoms with van der Waals surface area (Å²) in [6.45, 7) is 6.04. The van der Waals surface area contributed by atoms with Crippen LogP contribution in [0.3, 0.4) is 0 Å². The Morgan fingerprint density at radius 2 is 1.52 bits per heavy atom. The van der Waals surface area contributed by atoms with Crippen LogP contribution in [-0.2, 0) is 0 Å². The molecule has 2 rings (SSSR count). The van der Waals surface area contributed by atoms with Crippen molar-refractivity contribution in [3.63, 3.8) is 0 Å². The van der Waals surface area contributed by atoms with Crippen molar-refractivity contribution in [1.29, 1.82) is 0 Å². The number of hydrogen-bond donors (Lipinski definition) is 1. The van der Waals surface area contributed by atoms with Crippen LogP contribution in [0.25, 0.3) is 0 Å². The van der Waals surface area contributed by atoms with Gasteiger partial charge in [0.25, 0.3) is 5.91 Å². The first-order valence-corrected chi connectivity index (χ1v) is 8.09. The van der Waals surface area contributed by atoms with Gasteiger partial charge in [0.2, 0.25) is 0 Å². The van der Waals surface area contributed by atoms with Crippen molar-refractivity contribution >= 4 is 5.91 Å². The van der Waals surface area contributed by atoms with Gasteiger partial charge < -0.3 is 19.5 Å².